The lowest BCUT2D eigenvalue weighted by Gasteiger charge is -2.34. The third-order valence-electron chi connectivity index (χ3n) is 5.46. The maximum atomic E-state index is 13.0. The number of urea groups is 1. The molecule has 0 bridgehead atoms. The summed E-state index contributed by atoms with van der Waals surface area (Å²) in [4.78, 5) is 29.0. The van der Waals surface area contributed by atoms with Gasteiger partial charge in [-0.25, -0.2) is 9.78 Å². The molecular formula is C22H21BrN6OS. The van der Waals surface area contributed by atoms with Gasteiger partial charge in [0.25, 0.3) is 0 Å². The molecule has 0 unspecified atom stereocenters. The van der Waals surface area contributed by atoms with Crippen LogP contribution in [0, 0.1) is 0 Å². The number of rotatable bonds is 3. The third kappa shape index (κ3) is 3.72. The number of para-hydroxylation sites is 1. The van der Waals surface area contributed by atoms with Gasteiger partial charge in [-0.2, -0.15) is 4.98 Å². The highest BCUT2D eigenvalue weighted by molar-refractivity contribution is 9.10. The van der Waals surface area contributed by atoms with Gasteiger partial charge in [0.05, 0.1) is 17.9 Å². The fourth-order valence-corrected chi connectivity index (χ4v) is 5.46. The van der Waals surface area contributed by atoms with Crippen LogP contribution in [0.4, 0.5) is 33.6 Å². The standard InChI is InChI=1S/C22H21BrN6OS/c1-27-9-10-31-19-11-15(7-8-18(19)27)25-21-24-12-14-13-29(17-6-4-3-5-16(17)23)22(30)28(2)20(14)26-21/h3-8,11-12H,9-10,13H2,1-2H3,(H,24,25,26). The Morgan fingerprint density at radius 2 is 1.97 bits per heavy atom. The molecule has 0 atom stereocenters. The molecule has 0 spiro atoms. The van der Waals surface area contributed by atoms with Crippen molar-refractivity contribution in [1.82, 2.24) is 9.97 Å². The number of hydrogen-bond acceptors (Lipinski definition) is 6. The van der Waals surface area contributed by atoms with Crippen LogP contribution in [0.3, 0.4) is 0 Å². The fraction of sp³-hybridized carbons (Fsp3) is 0.227. The highest BCUT2D eigenvalue weighted by Crippen LogP contribution is 2.37. The Morgan fingerprint density at radius 3 is 2.81 bits per heavy atom. The maximum absolute atomic E-state index is 13.0. The van der Waals surface area contributed by atoms with Crippen molar-refractivity contribution in [2.75, 3.05) is 46.4 Å². The van der Waals surface area contributed by atoms with E-state index in [0.29, 0.717) is 18.3 Å². The second kappa shape index (κ2) is 8.05. The lowest BCUT2D eigenvalue weighted by atomic mass is 10.2. The van der Waals surface area contributed by atoms with Crippen LogP contribution in [0.5, 0.6) is 0 Å². The fourth-order valence-electron chi connectivity index (χ4n) is 3.79. The number of amides is 2. The normalized spacial score (nSPS) is 15.6. The lowest BCUT2D eigenvalue weighted by molar-refractivity contribution is 0.251. The van der Waals surface area contributed by atoms with E-state index in [0.717, 1.165) is 33.7 Å². The average molecular weight is 497 g/mol. The molecule has 3 heterocycles. The molecule has 0 saturated carbocycles. The minimum Gasteiger partial charge on any atom is -0.373 e. The Balaban J connectivity index is 1.42. The molecule has 1 aromatic heterocycles. The summed E-state index contributed by atoms with van der Waals surface area (Å²) in [5.41, 5.74) is 3.89. The number of nitrogens with one attached hydrogen (secondary N) is 1. The molecule has 1 N–H and O–H groups in total. The first-order valence-corrected chi connectivity index (χ1v) is 11.7. The van der Waals surface area contributed by atoms with Crippen molar-refractivity contribution in [1.29, 1.82) is 0 Å². The van der Waals surface area contributed by atoms with Crippen molar-refractivity contribution >= 4 is 62.6 Å². The van der Waals surface area contributed by atoms with E-state index >= 15 is 0 Å². The van der Waals surface area contributed by atoms with E-state index in [1.165, 1.54) is 10.6 Å². The summed E-state index contributed by atoms with van der Waals surface area (Å²) in [6, 6.07) is 13.8. The first-order valence-electron chi connectivity index (χ1n) is 9.92. The smallest absolute Gasteiger partial charge is 0.330 e. The van der Waals surface area contributed by atoms with Gasteiger partial charge in [0.15, 0.2) is 0 Å². The van der Waals surface area contributed by atoms with Gasteiger partial charge >= 0.3 is 6.03 Å². The van der Waals surface area contributed by atoms with E-state index in [1.54, 1.807) is 23.0 Å². The van der Waals surface area contributed by atoms with Crippen LogP contribution in [0.2, 0.25) is 0 Å². The number of thioether (sulfide) groups is 1. The van der Waals surface area contributed by atoms with Crippen molar-refractivity contribution < 1.29 is 4.79 Å². The number of carbonyl (C=O) groups excluding carboxylic acids is 1. The molecule has 2 aliphatic rings. The third-order valence-corrected chi connectivity index (χ3v) is 7.16. The number of halogens is 1. The van der Waals surface area contributed by atoms with E-state index in [9.17, 15) is 4.79 Å². The summed E-state index contributed by atoms with van der Waals surface area (Å²) in [5, 5.41) is 3.29. The molecule has 31 heavy (non-hydrogen) atoms. The van der Waals surface area contributed by atoms with Crippen LogP contribution in [-0.2, 0) is 6.54 Å². The summed E-state index contributed by atoms with van der Waals surface area (Å²) in [6.07, 6.45) is 1.79. The number of fused-ring (bicyclic) bond motifs is 2. The molecule has 0 fully saturated rings. The Hall–Kier alpha value is -2.78. The van der Waals surface area contributed by atoms with E-state index in [4.69, 9.17) is 0 Å². The Kier molecular flexibility index (Phi) is 5.23. The first-order chi connectivity index (χ1) is 15.0. The van der Waals surface area contributed by atoms with Crippen LogP contribution in [0.25, 0.3) is 0 Å². The molecule has 9 heteroatoms. The molecule has 2 amide bonds. The van der Waals surface area contributed by atoms with Crippen LogP contribution >= 0.6 is 27.7 Å². The molecule has 158 valence electrons. The van der Waals surface area contributed by atoms with Crippen LogP contribution in [-0.4, -0.2) is 42.4 Å². The van der Waals surface area contributed by atoms with Crippen molar-refractivity contribution in [3.8, 4) is 0 Å². The molecule has 5 rings (SSSR count). The van der Waals surface area contributed by atoms with Gasteiger partial charge in [-0.05, 0) is 46.3 Å². The number of benzene rings is 2. The number of nitrogens with zero attached hydrogens (tertiary/aromatic N) is 5. The predicted molar refractivity (Wildman–Crippen MR) is 130 cm³/mol. The topological polar surface area (TPSA) is 64.6 Å². The summed E-state index contributed by atoms with van der Waals surface area (Å²) in [6.45, 7) is 1.47. The Morgan fingerprint density at radius 1 is 1.13 bits per heavy atom. The second-order valence-electron chi connectivity index (χ2n) is 7.50. The van der Waals surface area contributed by atoms with Gasteiger partial charge in [0, 0.05) is 53.2 Å². The van der Waals surface area contributed by atoms with Gasteiger partial charge in [-0.3, -0.25) is 9.80 Å². The summed E-state index contributed by atoms with van der Waals surface area (Å²) >= 11 is 5.39. The van der Waals surface area contributed by atoms with Gasteiger partial charge in [-0.15, -0.1) is 11.8 Å². The zero-order valence-electron chi connectivity index (χ0n) is 17.2. The van der Waals surface area contributed by atoms with E-state index in [1.807, 2.05) is 42.1 Å². The van der Waals surface area contributed by atoms with Gasteiger partial charge in [-0.1, -0.05) is 12.1 Å². The average Bonchev–Trinajstić information content (AvgIpc) is 2.77. The lowest BCUT2D eigenvalue weighted by Crippen LogP contribution is -2.46. The predicted octanol–water partition coefficient (Wildman–Crippen LogP) is 5.10. The highest BCUT2D eigenvalue weighted by atomic mass is 79.9. The Bertz CT molecular complexity index is 1170. The van der Waals surface area contributed by atoms with Crippen LogP contribution in [0.15, 0.2) is 58.0 Å². The molecule has 2 aromatic carbocycles. The molecule has 0 aliphatic carbocycles. The van der Waals surface area contributed by atoms with Gasteiger partial charge < -0.3 is 10.2 Å². The molecule has 0 radical (unpaired) electrons. The van der Waals surface area contributed by atoms with Gasteiger partial charge in [0.2, 0.25) is 5.95 Å². The first kappa shape index (κ1) is 20.1. The molecular weight excluding hydrogens is 476 g/mol. The summed E-state index contributed by atoms with van der Waals surface area (Å²) in [7, 11) is 3.86. The van der Waals surface area contributed by atoms with E-state index in [2.05, 4.69) is 55.3 Å². The monoisotopic (exact) mass is 496 g/mol. The SMILES string of the molecule is CN1CCSc2cc(Nc3ncc4c(n3)N(C)C(=O)N(c3ccccc3Br)C4)ccc21. The number of aromatic nitrogens is 2. The maximum Gasteiger partial charge on any atom is 0.330 e. The van der Waals surface area contributed by atoms with E-state index < -0.39 is 0 Å². The van der Waals surface area contributed by atoms with Crippen molar-refractivity contribution in [3.63, 3.8) is 0 Å². The second-order valence-corrected chi connectivity index (χ2v) is 9.49. The number of carbonyl (C=O) groups is 1. The Labute approximate surface area is 193 Å². The minimum absolute atomic E-state index is 0.128. The highest BCUT2D eigenvalue weighted by Gasteiger charge is 2.31. The van der Waals surface area contributed by atoms with Crippen LogP contribution < -0.4 is 20.0 Å². The van der Waals surface area contributed by atoms with Gasteiger partial charge in [0.1, 0.15) is 5.82 Å². The summed E-state index contributed by atoms with van der Waals surface area (Å²) in [5.74, 6) is 2.17. The zero-order valence-corrected chi connectivity index (χ0v) is 19.6. The van der Waals surface area contributed by atoms with Crippen molar-refractivity contribution in [2.24, 2.45) is 0 Å². The van der Waals surface area contributed by atoms with E-state index in [-0.39, 0.29) is 6.03 Å². The number of hydrogen-bond donors (Lipinski definition) is 1. The number of anilines is 5. The van der Waals surface area contributed by atoms with Crippen molar-refractivity contribution in [2.45, 2.75) is 11.4 Å². The zero-order chi connectivity index (χ0) is 21.5. The quantitative estimate of drug-likeness (QED) is 0.543. The largest absolute Gasteiger partial charge is 0.373 e. The van der Waals surface area contributed by atoms with Crippen LogP contribution in [0.1, 0.15) is 5.56 Å². The molecule has 2 aliphatic heterocycles. The minimum atomic E-state index is -0.128. The molecule has 3 aromatic rings. The molecule has 0 saturated heterocycles. The van der Waals surface area contributed by atoms with Crippen molar-refractivity contribution in [3.05, 3.63) is 58.7 Å². The molecule has 7 nitrogen and oxygen atoms in total. The summed E-state index contributed by atoms with van der Waals surface area (Å²) < 4.78 is 0.871.